The number of benzene rings is 2. The quantitative estimate of drug-likeness (QED) is 0.537. The molecule has 0 spiro atoms. The fourth-order valence-corrected chi connectivity index (χ4v) is 5.84. The van der Waals surface area contributed by atoms with Crippen molar-refractivity contribution in [3.8, 4) is 5.75 Å². The van der Waals surface area contributed by atoms with Crippen LogP contribution in [0.15, 0.2) is 58.9 Å². The van der Waals surface area contributed by atoms with Crippen molar-refractivity contribution in [3.63, 3.8) is 0 Å². The molecule has 1 aliphatic rings. The molecule has 162 valence electrons. The van der Waals surface area contributed by atoms with Crippen molar-refractivity contribution >= 4 is 32.3 Å². The molecular formula is C23H24N2O4S2. The minimum Gasteiger partial charge on any atom is -0.496 e. The van der Waals surface area contributed by atoms with E-state index in [9.17, 15) is 13.2 Å². The molecule has 1 atom stereocenters. The van der Waals surface area contributed by atoms with Crippen LogP contribution in [0.25, 0.3) is 0 Å². The smallest absolute Gasteiger partial charge is 0.263 e. The van der Waals surface area contributed by atoms with E-state index in [1.807, 2.05) is 30.3 Å². The maximum absolute atomic E-state index is 13.0. The number of methoxy groups -OCH3 is 1. The monoisotopic (exact) mass is 456 g/mol. The van der Waals surface area contributed by atoms with Crippen LogP contribution in [0.1, 0.15) is 29.5 Å². The number of carbonyl (C=O) groups excluding carboxylic acids is 1. The van der Waals surface area contributed by atoms with Crippen molar-refractivity contribution in [1.29, 1.82) is 0 Å². The summed E-state index contributed by atoms with van der Waals surface area (Å²) in [5.41, 5.74) is 3.01. The number of hydrogen-bond acceptors (Lipinski definition) is 6. The van der Waals surface area contributed by atoms with Crippen molar-refractivity contribution in [3.05, 3.63) is 70.7 Å². The van der Waals surface area contributed by atoms with E-state index in [-0.39, 0.29) is 16.6 Å². The van der Waals surface area contributed by atoms with Gasteiger partial charge < -0.3 is 4.74 Å². The van der Waals surface area contributed by atoms with E-state index >= 15 is 0 Å². The number of anilines is 1. The van der Waals surface area contributed by atoms with Gasteiger partial charge >= 0.3 is 0 Å². The van der Waals surface area contributed by atoms with Crippen molar-refractivity contribution in [1.82, 2.24) is 4.98 Å². The third-order valence-electron chi connectivity index (χ3n) is 5.68. The Hall–Kier alpha value is -2.71. The lowest BCUT2D eigenvalue weighted by molar-refractivity contribution is -0.122. The Morgan fingerprint density at radius 3 is 2.68 bits per heavy atom. The number of fused-ring (bicyclic) bond motifs is 1. The second-order valence-electron chi connectivity index (χ2n) is 7.60. The minimum absolute atomic E-state index is 0.0502. The van der Waals surface area contributed by atoms with Gasteiger partial charge in [-0.05, 0) is 55.0 Å². The molecule has 2 aromatic carbocycles. The topological polar surface area (TPSA) is 85.4 Å². The van der Waals surface area contributed by atoms with Crippen LogP contribution in [0, 0.1) is 5.92 Å². The Bertz CT molecular complexity index is 1170. The Labute approximate surface area is 186 Å². The van der Waals surface area contributed by atoms with E-state index in [1.54, 1.807) is 30.8 Å². The summed E-state index contributed by atoms with van der Waals surface area (Å²) in [4.78, 5) is 17.2. The number of carbonyl (C=O) groups is 1. The largest absolute Gasteiger partial charge is 0.496 e. The summed E-state index contributed by atoms with van der Waals surface area (Å²) in [6.07, 6.45) is 4.83. The number of nitrogens with zero attached hydrogens (tertiary/aromatic N) is 1. The van der Waals surface area contributed by atoms with E-state index in [2.05, 4.69) is 9.71 Å². The molecule has 1 N–H and O–H groups in total. The maximum atomic E-state index is 13.0. The van der Waals surface area contributed by atoms with Gasteiger partial charge in [-0.3, -0.25) is 9.52 Å². The second kappa shape index (κ2) is 9.20. The van der Waals surface area contributed by atoms with Crippen molar-refractivity contribution < 1.29 is 17.9 Å². The summed E-state index contributed by atoms with van der Waals surface area (Å²) in [6.45, 7) is 0. The molecule has 8 heteroatoms. The molecule has 1 heterocycles. The number of Topliss-reactive ketones (excluding diaryl/α,β-unsaturated/α-hetero) is 1. The van der Waals surface area contributed by atoms with E-state index in [1.165, 1.54) is 11.3 Å². The molecule has 0 saturated heterocycles. The first-order valence-electron chi connectivity index (χ1n) is 10.1. The lowest BCUT2D eigenvalue weighted by Crippen LogP contribution is -2.17. The van der Waals surface area contributed by atoms with E-state index in [0.717, 1.165) is 35.3 Å². The van der Waals surface area contributed by atoms with Gasteiger partial charge in [-0.1, -0.05) is 24.3 Å². The first-order valence-corrected chi connectivity index (χ1v) is 12.5. The molecular weight excluding hydrogens is 432 g/mol. The molecule has 1 aliphatic carbocycles. The number of thiazole rings is 1. The summed E-state index contributed by atoms with van der Waals surface area (Å²) < 4.78 is 33.3. The van der Waals surface area contributed by atoms with E-state index < -0.39 is 10.0 Å². The number of sulfonamides is 1. The standard InChI is InChI=1S/C23H24N2O4S2/c1-29-22-5-3-2-4-19(22)15-21(26)17-7-6-16-10-11-20(14-18(16)9-8-17)31(27,28)25-23-24-12-13-30-23/h2-5,10-14,17H,6-9,15H2,1H3,(H,24,25). The Morgan fingerprint density at radius 1 is 1.16 bits per heavy atom. The highest BCUT2D eigenvalue weighted by Gasteiger charge is 2.25. The lowest BCUT2D eigenvalue weighted by Gasteiger charge is -2.14. The van der Waals surface area contributed by atoms with Gasteiger partial charge in [0, 0.05) is 29.5 Å². The van der Waals surface area contributed by atoms with Crippen LogP contribution in [0.5, 0.6) is 5.75 Å². The Kier molecular flexibility index (Phi) is 6.38. The van der Waals surface area contributed by atoms with Crippen LogP contribution in [-0.2, 0) is 34.1 Å². The predicted octanol–water partition coefficient (Wildman–Crippen LogP) is 4.26. The highest BCUT2D eigenvalue weighted by Crippen LogP contribution is 2.29. The van der Waals surface area contributed by atoms with Gasteiger partial charge in [0.25, 0.3) is 10.0 Å². The van der Waals surface area contributed by atoms with Gasteiger partial charge in [-0.2, -0.15) is 0 Å². The highest BCUT2D eigenvalue weighted by molar-refractivity contribution is 7.93. The van der Waals surface area contributed by atoms with Gasteiger partial charge in [0.15, 0.2) is 5.13 Å². The second-order valence-corrected chi connectivity index (χ2v) is 10.2. The number of rotatable bonds is 7. The number of aromatic nitrogens is 1. The fraction of sp³-hybridized carbons (Fsp3) is 0.304. The van der Waals surface area contributed by atoms with Gasteiger partial charge in [0.05, 0.1) is 12.0 Å². The molecule has 0 saturated carbocycles. The zero-order valence-electron chi connectivity index (χ0n) is 17.2. The van der Waals surface area contributed by atoms with Gasteiger partial charge in [0.1, 0.15) is 11.5 Å². The Morgan fingerprint density at radius 2 is 1.94 bits per heavy atom. The summed E-state index contributed by atoms with van der Waals surface area (Å²) >= 11 is 1.24. The van der Waals surface area contributed by atoms with Crippen LogP contribution < -0.4 is 9.46 Å². The highest BCUT2D eigenvalue weighted by atomic mass is 32.2. The van der Waals surface area contributed by atoms with Crippen molar-refractivity contribution in [2.45, 2.75) is 37.0 Å². The SMILES string of the molecule is COc1ccccc1CC(=O)C1CCc2ccc(S(=O)(=O)Nc3nccs3)cc2CC1. The first-order chi connectivity index (χ1) is 15.0. The average Bonchev–Trinajstić information content (AvgIpc) is 3.16. The number of ether oxygens (including phenoxy) is 1. The molecule has 1 aromatic heterocycles. The van der Waals surface area contributed by atoms with Gasteiger partial charge in [0.2, 0.25) is 0 Å². The number of hydrogen-bond donors (Lipinski definition) is 1. The van der Waals surface area contributed by atoms with Crippen LogP contribution in [-0.4, -0.2) is 26.3 Å². The number of ketones is 1. The first kappa shape index (κ1) is 21.5. The summed E-state index contributed by atoms with van der Waals surface area (Å²) in [5, 5.41) is 2.06. The van der Waals surface area contributed by atoms with Gasteiger partial charge in [-0.25, -0.2) is 13.4 Å². The van der Waals surface area contributed by atoms with E-state index in [0.29, 0.717) is 24.4 Å². The van der Waals surface area contributed by atoms with E-state index in [4.69, 9.17) is 4.74 Å². The van der Waals surface area contributed by atoms with Gasteiger partial charge in [-0.15, -0.1) is 11.3 Å². The maximum Gasteiger partial charge on any atom is 0.263 e. The van der Waals surface area contributed by atoms with Crippen LogP contribution in [0.2, 0.25) is 0 Å². The predicted molar refractivity (Wildman–Crippen MR) is 121 cm³/mol. The average molecular weight is 457 g/mol. The number of aryl methyl sites for hydroxylation is 2. The summed E-state index contributed by atoms with van der Waals surface area (Å²) in [7, 11) is -2.08. The van der Waals surface area contributed by atoms with Crippen molar-refractivity contribution in [2.75, 3.05) is 11.8 Å². The molecule has 4 rings (SSSR count). The lowest BCUT2D eigenvalue weighted by atomic mass is 9.91. The molecule has 0 aliphatic heterocycles. The molecule has 0 radical (unpaired) electrons. The molecule has 0 amide bonds. The zero-order valence-corrected chi connectivity index (χ0v) is 18.8. The molecule has 3 aromatic rings. The summed E-state index contributed by atoms with van der Waals surface area (Å²) in [6, 6.07) is 12.8. The number of para-hydroxylation sites is 1. The minimum atomic E-state index is -3.69. The third-order valence-corrected chi connectivity index (χ3v) is 7.83. The molecule has 0 bridgehead atoms. The number of nitrogens with one attached hydrogen (secondary N) is 1. The summed E-state index contributed by atoms with van der Waals surface area (Å²) in [5.74, 6) is 0.886. The normalized spacial score (nSPS) is 16.2. The van der Waals surface area contributed by atoms with Crippen LogP contribution >= 0.6 is 11.3 Å². The molecule has 0 fully saturated rings. The zero-order chi connectivity index (χ0) is 21.8. The fourth-order valence-electron chi connectivity index (χ4n) is 4.00. The Balaban J connectivity index is 1.47. The molecule has 6 nitrogen and oxygen atoms in total. The molecule has 1 unspecified atom stereocenters. The van der Waals surface area contributed by atoms with Crippen molar-refractivity contribution in [2.24, 2.45) is 5.92 Å². The van der Waals surface area contributed by atoms with Crippen LogP contribution in [0.4, 0.5) is 5.13 Å². The third kappa shape index (κ3) is 4.97. The molecule has 31 heavy (non-hydrogen) atoms. The van der Waals surface area contributed by atoms with Crippen LogP contribution in [0.3, 0.4) is 0 Å².